The van der Waals surface area contributed by atoms with E-state index < -0.39 is 9.84 Å². The maximum Gasteiger partial charge on any atom is 0.234 e. The minimum atomic E-state index is -3.42. The molecule has 2 aromatic carbocycles. The van der Waals surface area contributed by atoms with Gasteiger partial charge < -0.3 is 10.1 Å². The van der Waals surface area contributed by atoms with E-state index in [4.69, 9.17) is 27.9 Å². The highest BCUT2D eigenvalue weighted by Gasteiger charge is 2.15. The molecule has 8 nitrogen and oxygen atoms in total. The van der Waals surface area contributed by atoms with Crippen molar-refractivity contribution in [3.05, 3.63) is 46.4 Å². The molecule has 1 aromatic heterocycles. The van der Waals surface area contributed by atoms with E-state index in [2.05, 4.69) is 20.5 Å². The van der Waals surface area contributed by atoms with Gasteiger partial charge in [-0.3, -0.25) is 9.89 Å². The Labute approximate surface area is 187 Å². The first-order chi connectivity index (χ1) is 14.2. The van der Waals surface area contributed by atoms with Gasteiger partial charge in [0.2, 0.25) is 11.1 Å². The summed E-state index contributed by atoms with van der Waals surface area (Å²) in [5.41, 5.74) is 0.850. The molecular formula is C18H16Cl2N4O4S2. The van der Waals surface area contributed by atoms with Crippen LogP contribution in [0.15, 0.2) is 46.5 Å². The molecule has 1 heterocycles. The first kappa shape index (κ1) is 22.4. The number of ether oxygens (including phenoxy) is 1. The Morgan fingerprint density at radius 3 is 2.70 bits per heavy atom. The fourth-order valence-electron chi connectivity index (χ4n) is 2.44. The van der Waals surface area contributed by atoms with Crippen molar-refractivity contribution in [1.82, 2.24) is 15.2 Å². The normalized spacial score (nSPS) is 11.3. The summed E-state index contributed by atoms with van der Waals surface area (Å²) in [7, 11) is -1.89. The lowest BCUT2D eigenvalue weighted by atomic mass is 10.2. The number of aromatic nitrogens is 3. The van der Waals surface area contributed by atoms with Gasteiger partial charge in [-0.15, -0.1) is 5.10 Å². The second kappa shape index (κ2) is 9.25. The lowest BCUT2D eigenvalue weighted by Crippen LogP contribution is -2.15. The number of carbonyl (C=O) groups excluding carboxylic acids is 1. The van der Waals surface area contributed by atoms with Gasteiger partial charge in [0, 0.05) is 11.3 Å². The minimum absolute atomic E-state index is 0.0105. The number of H-pyrrole nitrogens is 1. The Balaban J connectivity index is 1.68. The van der Waals surface area contributed by atoms with Gasteiger partial charge in [-0.1, -0.05) is 35.0 Å². The van der Waals surface area contributed by atoms with Crippen LogP contribution in [0.5, 0.6) is 5.75 Å². The zero-order chi connectivity index (χ0) is 21.9. The molecule has 0 spiro atoms. The fraction of sp³-hybridized carbons (Fsp3) is 0.167. The van der Waals surface area contributed by atoms with Crippen LogP contribution >= 0.6 is 35.0 Å². The van der Waals surface area contributed by atoms with E-state index in [0.717, 1.165) is 18.0 Å². The molecule has 1 amide bonds. The van der Waals surface area contributed by atoms with E-state index in [9.17, 15) is 13.2 Å². The summed E-state index contributed by atoms with van der Waals surface area (Å²) in [5.74, 6) is 0.620. The zero-order valence-corrected chi connectivity index (χ0v) is 18.9. The monoisotopic (exact) mass is 486 g/mol. The summed E-state index contributed by atoms with van der Waals surface area (Å²) in [5, 5.41) is 10.6. The lowest BCUT2D eigenvalue weighted by molar-refractivity contribution is -0.113. The molecule has 0 aliphatic rings. The molecule has 30 heavy (non-hydrogen) atoms. The first-order valence-corrected chi connectivity index (χ1v) is 12.0. The number of halogens is 2. The molecule has 0 atom stereocenters. The number of thioether (sulfide) groups is 1. The molecule has 0 aliphatic heterocycles. The number of amides is 1. The predicted molar refractivity (Wildman–Crippen MR) is 117 cm³/mol. The SMILES string of the molecule is COc1ccc(Cl)cc1-c1nc(SCC(=O)Nc2cc(S(C)(=O)=O)ccc2Cl)n[nH]1. The Hall–Kier alpha value is -2.27. The van der Waals surface area contributed by atoms with Crippen molar-refractivity contribution < 1.29 is 17.9 Å². The average Bonchev–Trinajstić information content (AvgIpc) is 3.16. The van der Waals surface area contributed by atoms with Crippen molar-refractivity contribution in [3.63, 3.8) is 0 Å². The minimum Gasteiger partial charge on any atom is -0.496 e. The molecule has 0 radical (unpaired) electrons. The number of rotatable bonds is 7. The van der Waals surface area contributed by atoms with Crippen molar-refractivity contribution in [2.24, 2.45) is 0 Å². The quantitative estimate of drug-likeness (QED) is 0.486. The number of nitrogens with one attached hydrogen (secondary N) is 2. The van der Waals surface area contributed by atoms with Crippen LogP contribution in [0.2, 0.25) is 10.0 Å². The van der Waals surface area contributed by atoms with Gasteiger partial charge in [-0.05, 0) is 36.4 Å². The summed E-state index contributed by atoms with van der Waals surface area (Å²) >= 11 is 13.2. The summed E-state index contributed by atoms with van der Waals surface area (Å²) in [6.07, 6.45) is 1.08. The highest BCUT2D eigenvalue weighted by atomic mass is 35.5. The van der Waals surface area contributed by atoms with Crippen LogP contribution in [0.1, 0.15) is 0 Å². The number of hydrogen-bond donors (Lipinski definition) is 2. The number of carbonyl (C=O) groups is 1. The van der Waals surface area contributed by atoms with Crippen LogP contribution in [0.3, 0.4) is 0 Å². The molecule has 158 valence electrons. The maximum absolute atomic E-state index is 12.3. The summed E-state index contributed by atoms with van der Waals surface area (Å²) in [6, 6.07) is 9.22. The molecule has 3 aromatic rings. The predicted octanol–water partition coefficient (Wildman–Crippen LogP) is 3.92. The van der Waals surface area contributed by atoms with E-state index in [1.54, 1.807) is 18.2 Å². The number of anilines is 1. The van der Waals surface area contributed by atoms with Crippen molar-refractivity contribution in [2.75, 3.05) is 24.4 Å². The summed E-state index contributed by atoms with van der Waals surface area (Å²) in [4.78, 5) is 16.7. The molecule has 0 unspecified atom stereocenters. The Kier molecular flexibility index (Phi) is 6.91. The average molecular weight is 487 g/mol. The molecule has 2 N–H and O–H groups in total. The standard InChI is InChI=1S/C18H16Cl2N4O4S2/c1-28-15-6-3-10(19)7-12(15)17-22-18(24-23-17)29-9-16(25)21-14-8-11(30(2,26)27)4-5-13(14)20/h3-8H,9H2,1-2H3,(H,21,25)(H,22,23,24). The van der Waals surface area contributed by atoms with E-state index in [-0.39, 0.29) is 27.3 Å². The van der Waals surface area contributed by atoms with Crippen molar-refractivity contribution >= 4 is 56.4 Å². The molecule has 0 saturated heterocycles. The van der Waals surface area contributed by atoms with Gasteiger partial charge in [0.05, 0.1) is 34.0 Å². The highest BCUT2D eigenvalue weighted by molar-refractivity contribution is 7.99. The van der Waals surface area contributed by atoms with Crippen LogP contribution in [-0.2, 0) is 14.6 Å². The van der Waals surface area contributed by atoms with E-state index in [0.29, 0.717) is 27.3 Å². The van der Waals surface area contributed by atoms with Gasteiger partial charge in [0.1, 0.15) is 5.75 Å². The molecule has 0 saturated carbocycles. The zero-order valence-electron chi connectivity index (χ0n) is 15.8. The van der Waals surface area contributed by atoms with E-state index in [1.165, 1.54) is 25.3 Å². The van der Waals surface area contributed by atoms with Gasteiger partial charge >= 0.3 is 0 Å². The van der Waals surface area contributed by atoms with Crippen molar-refractivity contribution in [1.29, 1.82) is 0 Å². The first-order valence-electron chi connectivity index (χ1n) is 8.36. The van der Waals surface area contributed by atoms with Gasteiger partial charge in [0.15, 0.2) is 15.7 Å². The lowest BCUT2D eigenvalue weighted by Gasteiger charge is -2.08. The van der Waals surface area contributed by atoms with Crippen LogP contribution in [0.4, 0.5) is 5.69 Å². The molecule has 0 aliphatic carbocycles. The molecular weight excluding hydrogens is 471 g/mol. The van der Waals surface area contributed by atoms with Crippen molar-refractivity contribution in [2.45, 2.75) is 10.1 Å². The second-order valence-electron chi connectivity index (χ2n) is 6.06. The van der Waals surface area contributed by atoms with Crippen LogP contribution in [0.25, 0.3) is 11.4 Å². The molecule has 3 rings (SSSR count). The number of benzene rings is 2. The number of nitrogens with zero attached hydrogens (tertiary/aromatic N) is 2. The number of aromatic amines is 1. The number of sulfone groups is 1. The molecule has 0 bridgehead atoms. The highest BCUT2D eigenvalue weighted by Crippen LogP contribution is 2.31. The van der Waals surface area contributed by atoms with Crippen LogP contribution in [-0.4, -0.2) is 48.6 Å². The van der Waals surface area contributed by atoms with Crippen molar-refractivity contribution in [3.8, 4) is 17.1 Å². The maximum atomic E-state index is 12.3. The largest absolute Gasteiger partial charge is 0.496 e. The summed E-state index contributed by atoms with van der Waals surface area (Å²) in [6.45, 7) is 0. The van der Waals surface area contributed by atoms with E-state index in [1.807, 2.05) is 0 Å². The Bertz CT molecular complexity index is 1200. The third-order valence-corrected chi connectivity index (χ3v) is 6.38. The van der Waals surface area contributed by atoms with Crippen LogP contribution < -0.4 is 10.1 Å². The third kappa shape index (κ3) is 5.45. The van der Waals surface area contributed by atoms with Gasteiger partial charge in [-0.25, -0.2) is 13.4 Å². The smallest absolute Gasteiger partial charge is 0.234 e. The molecule has 0 fully saturated rings. The number of methoxy groups -OCH3 is 1. The van der Waals surface area contributed by atoms with E-state index >= 15 is 0 Å². The number of hydrogen-bond acceptors (Lipinski definition) is 7. The Morgan fingerprint density at radius 2 is 2.00 bits per heavy atom. The van der Waals surface area contributed by atoms with Gasteiger partial charge in [-0.2, -0.15) is 0 Å². The second-order valence-corrected chi connectivity index (χ2v) is 9.86. The Morgan fingerprint density at radius 1 is 1.23 bits per heavy atom. The fourth-order valence-corrected chi connectivity index (χ4v) is 4.03. The van der Waals surface area contributed by atoms with Gasteiger partial charge in [0.25, 0.3) is 0 Å². The van der Waals surface area contributed by atoms with Crippen LogP contribution in [0, 0.1) is 0 Å². The molecule has 12 heteroatoms. The summed E-state index contributed by atoms with van der Waals surface area (Å²) < 4.78 is 28.7. The topological polar surface area (TPSA) is 114 Å². The third-order valence-electron chi connectivity index (χ3n) is 3.85.